The van der Waals surface area contributed by atoms with Crippen LogP contribution in [-0.2, 0) is 0 Å². The molecule has 4 nitrogen and oxygen atoms in total. The van der Waals surface area contributed by atoms with Crippen LogP contribution in [0.25, 0.3) is 0 Å². The third kappa shape index (κ3) is 1.89. The summed E-state index contributed by atoms with van der Waals surface area (Å²) in [7, 11) is 0. The van der Waals surface area contributed by atoms with Crippen LogP contribution in [-0.4, -0.2) is 16.6 Å². The number of rotatable bonds is 2. The van der Waals surface area contributed by atoms with Gasteiger partial charge in [-0.05, 0) is 6.07 Å². The lowest BCUT2D eigenvalue weighted by Crippen LogP contribution is -2.11. The smallest absolute Gasteiger partial charge is 0.123 e. The monoisotopic (exact) mass is 153 g/mol. The molecular weight excluding hydrogens is 142 g/mol. The molecule has 1 atom stereocenters. The first-order valence-electron chi connectivity index (χ1n) is 3.33. The van der Waals surface area contributed by atoms with E-state index in [1.807, 2.05) is 0 Å². The van der Waals surface area contributed by atoms with Gasteiger partial charge in [0.15, 0.2) is 0 Å². The van der Waals surface area contributed by atoms with E-state index in [1.54, 1.807) is 12.1 Å². The predicted molar refractivity (Wildman–Crippen MR) is 42.7 cm³/mol. The zero-order valence-corrected chi connectivity index (χ0v) is 6.07. The topological polar surface area (TPSA) is 85.2 Å². The Morgan fingerprint density at radius 3 is 2.73 bits per heavy atom. The van der Waals surface area contributed by atoms with E-state index in [9.17, 15) is 5.11 Å². The quantitative estimate of drug-likeness (QED) is 0.542. The predicted octanol–water partition coefficient (Wildman–Crippen LogP) is -0.344. The molecule has 0 unspecified atom stereocenters. The minimum absolute atomic E-state index is 0.200. The van der Waals surface area contributed by atoms with Crippen LogP contribution in [0.15, 0.2) is 18.3 Å². The summed E-state index contributed by atoms with van der Waals surface area (Å²) in [5.74, 6) is 0.443. The maximum Gasteiger partial charge on any atom is 0.123 e. The first kappa shape index (κ1) is 7.97. The number of aliphatic hydroxyl groups is 1. The van der Waals surface area contributed by atoms with Crippen molar-refractivity contribution in [1.29, 1.82) is 0 Å². The van der Waals surface area contributed by atoms with Crippen LogP contribution < -0.4 is 11.5 Å². The van der Waals surface area contributed by atoms with Gasteiger partial charge in [0.1, 0.15) is 5.82 Å². The van der Waals surface area contributed by atoms with Crippen LogP contribution in [0, 0.1) is 0 Å². The number of hydrogen-bond acceptors (Lipinski definition) is 4. The summed E-state index contributed by atoms with van der Waals surface area (Å²) in [6, 6.07) is 3.34. The fourth-order valence-corrected chi connectivity index (χ4v) is 0.750. The van der Waals surface area contributed by atoms with Crippen LogP contribution in [0.5, 0.6) is 0 Å². The first-order chi connectivity index (χ1) is 5.24. The summed E-state index contributed by atoms with van der Waals surface area (Å²) >= 11 is 0. The molecule has 4 heteroatoms. The van der Waals surface area contributed by atoms with Gasteiger partial charge in [0.05, 0.1) is 6.10 Å². The number of hydrogen-bond donors (Lipinski definition) is 3. The van der Waals surface area contributed by atoms with Crippen molar-refractivity contribution < 1.29 is 5.11 Å². The molecule has 11 heavy (non-hydrogen) atoms. The Kier molecular flexibility index (Phi) is 2.40. The van der Waals surface area contributed by atoms with Gasteiger partial charge in [0, 0.05) is 18.3 Å². The Labute approximate surface area is 64.9 Å². The van der Waals surface area contributed by atoms with E-state index in [0.29, 0.717) is 11.4 Å². The van der Waals surface area contributed by atoms with Crippen molar-refractivity contribution in [3.05, 3.63) is 23.9 Å². The highest BCUT2D eigenvalue weighted by molar-refractivity contribution is 5.30. The number of pyridine rings is 1. The normalized spacial score (nSPS) is 12.9. The Bertz CT molecular complexity index is 222. The van der Waals surface area contributed by atoms with Crippen molar-refractivity contribution >= 4 is 5.82 Å². The molecule has 0 bridgehead atoms. The summed E-state index contributed by atoms with van der Waals surface area (Å²) < 4.78 is 0. The Balaban J connectivity index is 2.81. The van der Waals surface area contributed by atoms with E-state index < -0.39 is 6.10 Å². The molecule has 0 aliphatic rings. The van der Waals surface area contributed by atoms with Crippen LogP contribution in [0.4, 0.5) is 5.82 Å². The number of nitrogens with two attached hydrogens (primary N) is 2. The van der Waals surface area contributed by atoms with Crippen molar-refractivity contribution in [2.24, 2.45) is 5.73 Å². The lowest BCUT2D eigenvalue weighted by atomic mass is 10.2. The first-order valence-corrected chi connectivity index (χ1v) is 3.33. The highest BCUT2D eigenvalue weighted by Gasteiger charge is 2.03. The summed E-state index contributed by atoms with van der Waals surface area (Å²) in [6.07, 6.45) is 0.885. The summed E-state index contributed by atoms with van der Waals surface area (Å²) in [6.45, 7) is 0.200. The van der Waals surface area contributed by atoms with Crippen LogP contribution in [0.3, 0.4) is 0 Å². The molecule has 60 valence electrons. The Morgan fingerprint density at radius 2 is 2.27 bits per heavy atom. The maximum absolute atomic E-state index is 9.21. The van der Waals surface area contributed by atoms with Crippen molar-refractivity contribution in [3.63, 3.8) is 0 Å². The zero-order valence-electron chi connectivity index (χ0n) is 6.07. The van der Waals surface area contributed by atoms with Gasteiger partial charge in [-0.2, -0.15) is 0 Å². The van der Waals surface area contributed by atoms with Gasteiger partial charge in [-0.15, -0.1) is 0 Å². The fraction of sp³-hybridized carbons (Fsp3) is 0.286. The summed E-state index contributed by atoms with van der Waals surface area (Å²) in [5, 5.41) is 9.21. The minimum atomic E-state index is -0.636. The van der Waals surface area contributed by atoms with Crippen LogP contribution in [0.1, 0.15) is 11.7 Å². The molecule has 0 radical (unpaired) electrons. The molecule has 1 heterocycles. The number of anilines is 1. The van der Waals surface area contributed by atoms with Crippen molar-refractivity contribution in [1.82, 2.24) is 4.98 Å². The van der Waals surface area contributed by atoms with E-state index in [2.05, 4.69) is 4.98 Å². The molecule has 5 N–H and O–H groups in total. The Hall–Kier alpha value is -1.13. The van der Waals surface area contributed by atoms with Gasteiger partial charge in [0.25, 0.3) is 0 Å². The highest BCUT2D eigenvalue weighted by atomic mass is 16.3. The van der Waals surface area contributed by atoms with Gasteiger partial charge in [-0.3, -0.25) is 0 Å². The average molecular weight is 153 g/mol. The fourth-order valence-electron chi connectivity index (χ4n) is 0.750. The third-order valence-electron chi connectivity index (χ3n) is 1.42. The molecule has 0 saturated carbocycles. The number of nitrogens with zero attached hydrogens (tertiary/aromatic N) is 1. The van der Waals surface area contributed by atoms with Gasteiger partial charge >= 0.3 is 0 Å². The third-order valence-corrected chi connectivity index (χ3v) is 1.42. The molecule has 0 amide bonds. The molecule has 0 aliphatic carbocycles. The molecule has 0 saturated heterocycles. The molecular formula is C7H11N3O. The maximum atomic E-state index is 9.21. The molecule has 0 aliphatic heterocycles. The molecule has 1 aromatic rings. The SMILES string of the molecule is NC[C@H](O)c1ccc(N)nc1. The largest absolute Gasteiger partial charge is 0.387 e. The Morgan fingerprint density at radius 1 is 1.55 bits per heavy atom. The van der Waals surface area contributed by atoms with Gasteiger partial charge in [-0.1, -0.05) is 6.07 Å². The van der Waals surface area contributed by atoms with E-state index in [0.717, 1.165) is 0 Å². The standard InChI is InChI=1S/C7H11N3O/c8-3-6(11)5-1-2-7(9)10-4-5/h1-2,4,6,11H,3,8H2,(H2,9,10)/t6-/m0/s1. The van der Waals surface area contributed by atoms with E-state index in [4.69, 9.17) is 11.5 Å². The van der Waals surface area contributed by atoms with Gasteiger partial charge in [-0.25, -0.2) is 4.98 Å². The van der Waals surface area contributed by atoms with Crippen LogP contribution >= 0.6 is 0 Å². The molecule has 1 aromatic heterocycles. The van der Waals surface area contributed by atoms with E-state index in [-0.39, 0.29) is 6.54 Å². The van der Waals surface area contributed by atoms with Crippen molar-refractivity contribution in [2.75, 3.05) is 12.3 Å². The van der Waals surface area contributed by atoms with Crippen molar-refractivity contribution in [3.8, 4) is 0 Å². The summed E-state index contributed by atoms with van der Waals surface area (Å²) in [4.78, 5) is 3.81. The second-order valence-corrected chi connectivity index (χ2v) is 2.27. The minimum Gasteiger partial charge on any atom is -0.387 e. The highest BCUT2D eigenvalue weighted by Crippen LogP contribution is 2.10. The lowest BCUT2D eigenvalue weighted by molar-refractivity contribution is 0.186. The number of aromatic nitrogens is 1. The van der Waals surface area contributed by atoms with Gasteiger partial charge in [0.2, 0.25) is 0 Å². The zero-order chi connectivity index (χ0) is 8.27. The van der Waals surface area contributed by atoms with E-state index >= 15 is 0 Å². The lowest BCUT2D eigenvalue weighted by Gasteiger charge is -2.06. The molecule has 0 aromatic carbocycles. The van der Waals surface area contributed by atoms with Crippen LogP contribution in [0.2, 0.25) is 0 Å². The van der Waals surface area contributed by atoms with Crippen molar-refractivity contribution in [2.45, 2.75) is 6.10 Å². The summed E-state index contributed by atoms with van der Waals surface area (Å²) in [5.41, 5.74) is 11.3. The molecule has 0 spiro atoms. The molecule has 1 rings (SSSR count). The van der Waals surface area contributed by atoms with Gasteiger partial charge < -0.3 is 16.6 Å². The molecule has 0 fully saturated rings. The van der Waals surface area contributed by atoms with E-state index in [1.165, 1.54) is 6.20 Å². The second-order valence-electron chi connectivity index (χ2n) is 2.27. The number of aliphatic hydroxyl groups excluding tert-OH is 1. The average Bonchev–Trinajstić information content (AvgIpc) is 2.05. The second kappa shape index (κ2) is 3.32. The number of nitrogen functional groups attached to an aromatic ring is 1.